The highest BCUT2D eigenvalue weighted by atomic mass is 32.2. The van der Waals surface area contributed by atoms with Crippen LogP contribution in [0.3, 0.4) is 0 Å². The number of benzene rings is 3. The van der Waals surface area contributed by atoms with Crippen LogP contribution in [-0.4, -0.2) is 111 Å². The van der Waals surface area contributed by atoms with Gasteiger partial charge >= 0.3 is 59.7 Å². The van der Waals surface area contributed by atoms with Crippen LogP contribution in [0.1, 0.15) is 109 Å². The fraction of sp³-hybridized carbons (Fsp3) is 0.446. The maximum atomic E-state index is 13.7. The zero-order valence-corrected chi connectivity index (χ0v) is 51.7. The molecule has 0 aromatic heterocycles. The van der Waals surface area contributed by atoms with Gasteiger partial charge in [0.25, 0.3) is 0 Å². The molecule has 23 nitrogen and oxygen atoms in total. The molecule has 1 aliphatic heterocycles. The molecular formula is C65H70N2O21S2. The van der Waals surface area contributed by atoms with Gasteiger partial charge in [0.15, 0.2) is 0 Å². The van der Waals surface area contributed by atoms with Gasteiger partial charge in [-0.15, -0.1) is 0 Å². The summed E-state index contributed by atoms with van der Waals surface area (Å²) >= 11 is 2.09. The number of hydrogen-bond acceptors (Lipinski definition) is 25. The predicted molar refractivity (Wildman–Crippen MR) is 319 cm³/mol. The predicted octanol–water partition coefficient (Wildman–Crippen LogP) is 9.24. The number of carbonyl (C=O) groups is 10. The third-order valence-electron chi connectivity index (χ3n) is 14.2. The van der Waals surface area contributed by atoms with Gasteiger partial charge in [-0.05, 0) is 120 Å². The van der Waals surface area contributed by atoms with Crippen LogP contribution < -0.4 is 18.9 Å². The SMILES string of the molecule is C=CC(=O)OC(C)COCC(C)OC(=O)CCC(=O)OCCc1ccc(OC(=O)C2CCC(C(=O)Oc3ccc(OC(=O)C4CCC(C(=O)Oc5ccc(CCOC(=O)CCC(=O)OCC(C)OC(=O)C=C)cc5)CC4)c4c3SC(=C(C#N)C#N)S4)CC2)cc1. The summed E-state index contributed by atoms with van der Waals surface area (Å²) in [5, 5.41) is 19.4. The number of nitriles is 2. The van der Waals surface area contributed by atoms with Gasteiger partial charge in [-0.25, -0.2) is 9.59 Å². The molecule has 0 saturated heterocycles. The second kappa shape index (κ2) is 36.0. The van der Waals surface area contributed by atoms with Gasteiger partial charge in [-0.1, -0.05) is 60.9 Å². The van der Waals surface area contributed by atoms with Gasteiger partial charge in [0, 0.05) is 25.0 Å². The minimum absolute atomic E-state index is 0.0475. The van der Waals surface area contributed by atoms with Crippen molar-refractivity contribution in [2.24, 2.45) is 23.7 Å². The Morgan fingerprint density at radius 2 is 0.822 bits per heavy atom. The molecule has 3 aromatic rings. The quantitative estimate of drug-likeness (QED) is 0.0190. The zero-order valence-electron chi connectivity index (χ0n) is 50.1. The summed E-state index contributed by atoms with van der Waals surface area (Å²) in [6.45, 7) is 11.6. The number of hydrogen-bond donors (Lipinski definition) is 0. The highest BCUT2D eigenvalue weighted by Gasteiger charge is 2.37. The Bertz CT molecular complexity index is 3210. The van der Waals surface area contributed by atoms with E-state index in [1.54, 1.807) is 69.3 Å². The molecule has 25 heteroatoms. The number of allylic oxidation sites excluding steroid dienone is 1. The average molecular weight is 1280 g/mol. The van der Waals surface area contributed by atoms with Crippen LogP contribution in [0.5, 0.6) is 23.0 Å². The van der Waals surface area contributed by atoms with Crippen LogP contribution in [0, 0.1) is 46.3 Å². The normalized spacial score (nSPS) is 17.5. The molecule has 0 amide bonds. The van der Waals surface area contributed by atoms with E-state index in [0.717, 1.165) is 46.8 Å². The van der Waals surface area contributed by atoms with Crippen molar-refractivity contribution in [3.63, 3.8) is 0 Å². The Balaban J connectivity index is 0.885. The van der Waals surface area contributed by atoms with E-state index in [2.05, 4.69) is 13.2 Å². The number of thioether (sulfide) groups is 2. The maximum Gasteiger partial charge on any atom is 0.330 e. The van der Waals surface area contributed by atoms with Crippen LogP contribution in [0.25, 0.3) is 0 Å². The average Bonchev–Trinajstić information content (AvgIpc) is 1.75. The van der Waals surface area contributed by atoms with Crippen molar-refractivity contribution in [1.82, 2.24) is 0 Å². The van der Waals surface area contributed by atoms with Crippen LogP contribution in [0.4, 0.5) is 0 Å². The molecule has 478 valence electrons. The Hall–Kier alpha value is -8.78. The standard InChI is InChI=1S/C65H70N2O21S2/c1-6-53(68)82-39(3)36-78-37-40(4)84-58(73)29-28-56(71)80-33-31-43-10-22-50(23-11-43)86-62(75)45-14-18-47(19-15-45)64(77)88-52-25-24-51(59-60(52)90-65(89-59)48(34-66)35-67)87-63(76)46-16-12-44(13-17-46)61(74)85-49-20-8-42(9-21-49)30-32-79-55(70)26-27-57(72)81-38-41(5)83-54(69)7-2/h6-11,20-25,39-41,44-47H,1-2,12-19,26-33,36-38H2,3-5H3. The summed E-state index contributed by atoms with van der Waals surface area (Å²) in [7, 11) is 0. The van der Waals surface area contributed by atoms with Crippen molar-refractivity contribution in [3.05, 3.63) is 107 Å². The molecule has 2 aliphatic carbocycles. The first-order valence-electron chi connectivity index (χ1n) is 29.3. The third kappa shape index (κ3) is 23.0. The number of nitrogens with zero attached hydrogens (tertiary/aromatic N) is 2. The van der Waals surface area contributed by atoms with E-state index >= 15 is 0 Å². The van der Waals surface area contributed by atoms with E-state index in [0.29, 0.717) is 89.7 Å². The second-order valence-electron chi connectivity index (χ2n) is 21.2. The van der Waals surface area contributed by atoms with Crippen molar-refractivity contribution >= 4 is 83.2 Å². The molecule has 0 bridgehead atoms. The third-order valence-corrected chi connectivity index (χ3v) is 16.8. The molecule has 3 aromatic carbocycles. The summed E-state index contributed by atoms with van der Waals surface area (Å²) in [5.74, 6) is -6.73. The molecule has 0 N–H and O–H groups in total. The molecule has 3 aliphatic rings. The molecule has 90 heavy (non-hydrogen) atoms. The summed E-state index contributed by atoms with van der Waals surface area (Å²) in [6, 6.07) is 20.2. The molecule has 2 fully saturated rings. The number of ether oxygens (including phenoxy) is 11. The highest BCUT2D eigenvalue weighted by Crippen LogP contribution is 2.59. The fourth-order valence-corrected chi connectivity index (χ4v) is 11.8. The minimum atomic E-state index is -0.675. The van der Waals surface area contributed by atoms with Gasteiger partial charge in [0.1, 0.15) is 65.6 Å². The number of carbonyl (C=O) groups excluding carboxylic acids is 10. The van der Waals surface area contributed by atoms with Gasteiger partial charge in [0.05, 0.1) is 89.8 Å². The van der Waals surface area contributed by atoms with Gasteiger partial charge in [-0.3, -0.25) is 38.4 Å². The van der Waals surface area contributed by atoms with Crippen LogP contribution >= 0.6 is 23.5 Å². The summed E-state index contributed by atoms with van der Waals surface area (Å²) in [4.78, 5) is 126. The topological polar surface area (TPSA) is 320 Å². The lowest BCUT2D eigenvalue weighted by molar-refractivity contribution is -0.156. The molecule has 0 spiro atoms. The summed E-state index contributed by atoms with van der Waals surface area (Å²) < 4.78 is 59.7. The van der Waals surface area contributed by atoms with Crippen LogP contribution in [0.2, 0.25) is 0 Å². The Kier molecular flexibility index (Phi) is 28.1. The number of esters is 10. The summed E-state index contributed by atoms with van der Waals surface area (Å²) in [6.07, 6.45) is 3.00. The first-order chi connectivity index (χ1) is 43.2. The molecule has 2 saturated carbocycles. The monoisotopic (exact) mass is 1280 g/mol. The van der Waals surface area contributed by atoms with E-state index in [-0.39, 0.29) is 75.8 Å². The first-order valence-corrected chi connectivity index (χ1v) is 30.9. The molecule has 3 unspecified atom stereocenters. The lowest BCUT2D eigenvalue weighted by Gasteiger charge is -2.26. The number of rotatable bonds is 31. The van der Waals surface area contributed by atoms with E-state index < -0.39 is 102 Å². The number of fused-ring (bicyclic) bond motifs is 1. The smallest absolute Gasteiger partial charge is 0.330 e. The Labute approximate surface area is 529 Å². The molecule has 6 rings (SSSR count). The van der Waals surface area contributed by atoms with Crippen molar-refractivity contribution < 1.29 is 100 Å². The van der Waals surface area contributed by atoms with Gasteiger partial charge in [0.2, 0.25) is 0 Å². The maximum absolute atomic E-state index is 13.7. The molecule has 3 atom stereocenters. The lowest BCUT2D eigenvalue weighted by Crippen LogP contribution is -2.30. The van der Waals surface area contributed by atoms with Crippen LogP contribution in [-0.2, 0) is 93.9 Å². The Morgan fingerprint density at radius 3 is 1.20 bits per heavy atom. The lowest BCUT2D eigenvalue weighted by atomic mass is 9.82. The summed E-state index contributed by atoms with van der Waals surface area (Å²) in [5.41, 5.74) is 1.44. The van der Waals surface area contributed by atoms with E-state index in [4.69, 9.17) is 52.1 Å². The first kappa shape index (κ1) is 70.3. The zero-order chi connectivity index (χ0) is 65.1. The van der Waals surface area contributed by atoms with Crippen molar-refractivity contribution in [1.29, 1.82) is 10.5 Å². The Morgan fingerprint density at radius 1 is 0.478 bits per heavy atom. The molecule has 1 heterocycles. The van der Waals surface area contributed by atoms with Crippen molar-refractivity contribution in [2.45, 2.75) is 139 Å². The molecular weight excluding hydrogens is 1210 g/mol. The minimum Gasteiger partial charge on any atom is -0.465 e. The fourth-order valence-electron chi connectivity index (χ4n) is 9.34. The van der Waals surface area contributed by atoms with Gasteiger partial charge < -0.3 is 52.1 Å². The molecule has 0 radical (unpaired) electrons. The largest absolute Gasteiger partial charge is 0.465 e. The van der Waals surface area contributed by atoms with Gasteiger partial charge in [-0.2, -0.15) is 10.5 Å². The van der Waals surface area contributed by atoms with Crippen molar-refractivity contribution in [3.8, 4) is 35.1 Å². The van der Waals surface area contributed by atoms with Crippen molar-refractivity contribution in [2.75, 3.05) is 33.0 Å². The van der Waals surface area contributed by atoms with Crippen LogP contribution in [0.15, 0.2) is 106 Å². The van der Waals surface area contributed by atoms with E-state index in [9.17, 15) is 58.5 Å². The highest BCUT2D eigenvalue weighted by molar-refractivity contribution is 8.24. The van der Waals surface area contributed by atoms with E-state index in [1.807, 2.05) is 12.1 Å². The van der Waals surface area contributed by atoms with E-state index in [1.165, 1.54) is 12.1 Å². The second-order valence-corrected chi connectivity index (χ2v) is 23.5.